The van der Waals surface area contributed by atoms with Gasteiger partial charge < -0.3 is 0 Å². The van der Waals surface area contributed by atoms with E-state index in [0.29, 0.717) is 11.3 Å². The Bertz CT molecular complexity index is 196. The molecule has 0 aliphatic heterocycles. The van der Waals surface area contributed by atoms with Crippen molar-refractivity contribution in [2.45, 2.75) is 58.2 Å². The van der Waals surface area contributed by atoms with E-state index in [0.717, 1.165) is 23.5 Å². The van der Waals surface area contributed by atoms with E-state index in [1.165, 1.54) is 19.3 Å². The lowest BCUT2D eigenvalue weighted by Gasteiger charge is -2.36. The molecular formula is C13H28N2S. The fraction of sp³-hybridized carbons (Fsp3) is 1.00. The topological polar surface area (TPSA) is 38.0 Å². The largest absolute Gasteiger partial charge is 0.271 e. The van der Waals surface area contributed by atoms with E-state index >= 15 is 0 Å². The molecule has 0 amide bonds. The van der Waals surface area contributed by atoms with Crippen LogP contribution >= 0.6 is 11.8 Å². The van der Waals surface area contributed by atoms with Gasteiger partial charge in [-0.1, -0.05) is 34.1 Å². The number of hydrazine groups is 1. The van der Waals surface area contributed by atoms with Gasteiger partial charge in [0.25, 0.3) is 0 Å². The summed E-state index contributed by atoms with van der Waals surface area (Å²) in [5.41, 5.74) is 3.04. The monoisotopic (exact) mass is 244 g/mol. The third-order valence-corrected chi connectivity index (χ3v) is 5.25. The molecule has 0 aromatic rings. The molecule has 4 atom stereocenters. The van der Waals surface area contributed by atoms with Gasteiger partial charge in [0.1, 0.15) is 0 Å². The number of hydrogen-bond donors (Lipinski definition) is 2. The van der Waals surface area contributed by atoms with Crippen molar-refractivity contribution in [1.29, 1.82) is 0 Å². The molecule has 3 N–H and O–H groups in total. The van der Waals surface area contributed by atoms with Crippen LogP contribution in [-0.4, -0.2) is 17.0 Å². The van der Waals surface area contributed by atoms with Crippen molar-refractivity contribution >= 4 is 11.8 Å². The van der Waals surface area contributed by atoms with E-state index in [2.05, 4.69) is 33.1 Å². The highest BCUT2D eigenvalue weighted by molar-refractivity contribution is 7.99. The summed E-state index contributed by atoms with van der Waals surface area (Å²) in [6.45, 7) is 9.28. The van der Waals surface area contributed by atoms with Gasteiger partial charge in [-0.3, -0.25) is 11.3 Å². The minimum absolute atomic E-state index is 0.502. The highest BCUT2D eigenvalue weighted by Crippen LogP contribution is 2.35. The predicted octanol–water partition coefficient (Wildman–Crippen LogP) is 3.03. The van der Waals surface area contributed by atoms with Crippen LogP contribution in [0.25, 0.3) is 0 Å². The van der Waals surface area contributed by atoms with Gasteiger partial charge in [0.2, 0.25) is 0 Å². The number of rotatable bonds is 5. The molecule has 0 heterocycles. The third kappa shape index (κ3) is 4.27. The summed E-state index contributed by atoms with van der Waals surface area (Å²) in [6.07, 6.45) is 4.06. The van der Waals surface area contributed by atoms with Crippen LogP contribution in [0.2, 0.25) is 0 Å². The average Bonchev–Trinajstić information content (AvgIpc) is 2.23. The van der Waals surface area contributed by atoms with E-state index in [4.69, 9.17) is 5.84 Å². The van der Waals surface area contributed by atoms with Crippen LogP contribution in [0.15, 0.2) is 0 Å². The van der Waals surface area contributed by atoms with Crippen LogP contribution in [0.5, 0.6) is 0 Å². The molecule has 1 fully saturated rings. The fourth-order valence-electron chi connectivity index (χ4n) is 2.57. The molecular weight excluding hydrogens is 216 g/mol. The maximum absolute atomic E-state index is 5.71. The normalized spacial score (nSPS) is 33.0. The molecule has 0 aromatic carbocycles. The Morgan fingerprint density at radius 2 is 1.94 bits per heavy atom. The summed E-state index contributed by atoms with van der Waals surface area (Å²) in [5, 5.41) is 0.704. The Balaban J connectivity index is 2.40. The zero-order valence-electron chi connectivity index (χ0n) is 11.2. The second-order valence-corrected chi connectivity index (χ2v) is 7.29. The quantitative estimate of drug-likeness (QED) is 0.577. The van der Waals surface area contributed by atoms with Crippen molar-refractivity contribution in [1.82, 2.24) is 5.43 Å². The third-order valence-electron chi connectivity index (χ3n) is 4.03. The molecule has 1 saturated carbocycles. The molecule has 0 saturated heterocycles. The van der Waals surface area contributed by atoms with Gasteiger partial charge >= 0.3 is 0 Å². The average molecular weight is 244 g/mol. The lowest BCUT2D eigenvalue weighted by Crippen LogP contribution is -2.45. The van der Waals surface area contributed by atoms with Crippen LogP contribution in [0.4, 0.5) is 0 Å². The first-order valence-corrected chi connectivity index (χ1v) is 7.67. The first-order chi connectivity index (χ1) is 7.54. The van der Waals surface area contributed by atoms with Crippen LogP contribution in [0, 0.1) is 17.8 Å². The van der Waals surface area contributed by atoms with E-state index in [9.17, 15) is 0 Å². The molecule has 0 radical (unpaired) electrons. The Morgan fingerprint density at radius 3 is 2.44 bits per heavy atom. The molecule has 3 heteroatoms. The minimum Gasteiger partial charge on any atom is -0.271 e. The van der Waals surface area contributed by atoms with Crippen LogP contribution in [0.1, 0.15) is 47.0 Å². The van der Waals surface area contributed by atoms with Gasteiger partial charge in [0.15, 0.2) is 0 Å². The van der Waals surface area contributed by atoms with Crippen molar-refractivity contribution in [3.05, 3.63) is 0 Å². The second-order valence-electron chi connectivity index (χ2n) is 5.68. The summed E-state index contributed by atoms with van der Waals surface area (Å²) in [4.78, 5) is 0. The Morgan fingerprint density at radius 1 is 1.25 bits per heavy atom. The van der Waals surface area contributed by atoms with Crippen molar-refractivity contribution in [2.75, 3.05) is 5.75 Å². The summed E-state index contributed by atoms with van der Waals surface area (Å²) in [7, 11) is 0. The molecule has 1 rings (SSSR count). The van der Waals surface area contributed by atoms with Crippen molar-refractivity contribution in [2.24, 2.45) is 23.6 Å². The number of nitrogens with two attached hydrogens (primary N) is 1. The van der Waals surface area contributed by atoms with E-state index in [-0.39, 0.29) is 0 Å². The van der Waals surface area contributed by atoms with Gasteiger partial charge in [0.05, 0.1) is 0 Å². The highest BCUT2D eigenvalue weighted by atomic mass is 32.2. The van der Waals surface area contributed by atoms with Crippen molar-refractivity contribution in [3.63, 3.8) is 0 Å². The molecule has 0 bridgehead atoms. The molecule has 16 heavy (non-hydrogen) atoms. The summed E-state index contributed by atoms with van der Waals surface area (Å²) < 4.78 is 0. The van der Waals surface area contributed by atoms with Crippen LogP contribution < -0.4 is 11.3 Å². The Hall–Kier alpha value is 0.270. The molecule has 1 aliphatic rings. The maximum atomic E-state index is 5.71. The lowest BCUT2D eigenvalue weighted by atomic mass is 9.73. The van der Waals surface area contributed by atoms with Crippen LogP contribution in [-0.2, 0) is 0 Å². The minimum atomic E-state index is 0.502. The van der Waals surface area contributed by atoms with Gasteiger partial charge in [0, 0.05) is 11.8 Å². The van der Waals surface area contributed by atoms with Gasteiger partial charge in [-0.2, -0.15) is 11.8 Å². The first kappa shape index (κ1) is 14.3. The number of nitrogens with one attached hydrogen (secondary N) is 1. The molecule has 2 nitrogen and oxygen atoms in total. The number of hydrogen-bond acceptors (Lipinski definition) is 3. The molecule has 0 spiro atoms. The summed E-state index contributed by atoms with van der Waals surface area (Å²) in [6, 6.07) is 0.502. The first-order valence-electron chi connectivity index (χ1n) is 6.62. The summed E-state index contributed by atoms with van der Waals surface area (Å²) in [5.74, 6) is 9.39. The van der Waals surface area contributed by atoms with Crippen LogP contribution in [0.3, 0.4) is 0 Å². The zero-order chi connectivity index (χ0) is 12.1. The molecule has 4 unspecified atom stereocenters. The maximum Gasteiger partial charge on any atom is 0.0329 e. The smallest absolute Gasteiger partial charge is 0.0329 e. The Labute approximate surface area is 105 Å². The highest BCUT2D eigenvalue weighted by Gasteiger charge is 2.29. The van der Waals surface area contributed by atoms with Crippen molar-refractivity contribution < 1.29 is 0 Å². The van der Waals surface area contributed by atoms with Gasteiger partial charge in [-0.25, -0.2) is 0 Å². The zero-order valence-corrected chi connectivity index (χ0v) is 12.0. The fourth-order valence-corrected chi connectivity index (χ4v) is 3.53. The van der Waals surface area contributed by atoms with Crippen molar-refractivity contribution in [3.8, 4) is 0 Å². The van der Waals surface area contributed by atoms with Gasteiger partial charge in [-0.15, -0.1) is 0 Å². The lowest BCUT2D eigenvalue weighted by molar-refractivity contribution is 0.178. The molecule has 1 aliphatic carbocycles. The van der Waals surface area contributed by atoms with E-state index in [1.807, 2.05) is 11.8 Å². The van der Waals surface area contributed by atoms with Gasteiger partial charge in [-0.05, 0) is 35.8 Å². The summed E-state index contributed by atoms with van der Waals surface area (Å²) >= 11 is 2.02. The standard InChI is InChI=1S/C13H28N2S/c1-9(2)16-8-13(15-14)12-6-5-10(3)11(4)7-12/h9-13,15H,5-8,14H2,1-4H3. The second kappa shape index (κ2) is 6.87. The number of thioether (sulfide) groups is 1. The predicted molar refractivity (Wildman–Crippen MR) is 74.4 cm³/mol. The SMILES string of the molecule is CC(C)SCC(NN)C1CCC(C)C(C)C1. The molecule has 0 aromatic heterocycles. The van der Waals surface area contributed by atoms with E-state index in [1.54, 1.807) is 0 Å². The Kier molecular flexibility index (Phi) is 6.16. The molecule has 96 valence electrons. The van der Waals surface area contributed by atoms with E-state index < -0.39 is 0 Å².